The summed E-state index contributed by atoms with van der Waals surface area (Å²) < 4.78 is 5.12. The average Bonchev–Trinajstić information content (AvgIpc) is 3.06. The van der Waals surface area contributed by atoms with Gasteiger partial charge >= 0.3 is 6.03 Å². The summed E-state index contributed by atoms with van der Waals surface area (Å²) in [5, 5.41) is 8.12. The molecule has 6 nitrogen and oxygen atoms in total. The van der Waals surface area contributed by atoms with Crippen LogP contribution in [0.25, 0.3) is 0 Å². The van der Waals surface area contributed by atoms with Crippen molar-refractivity contribution in [2.45, 2.75) is 39.3 Å². The summed E-state index contributed by atoms with van der Waals surface area (Å²) in [6.45, 7) is 6.18. The van der Waals surface area contributed by atoms with Gasteiger partial charge in [0.25, 0.3) is 0 Å². The standard InChI is InChI=1S/C19H25N3O3/c1-14-7-4-5-8-15(14)11-19(2,3)22-17(23)13-21-18(24)20-12-16-9-6-10-25-16/h4-10H,11-13H2,1-3H3,(H,22,23)(H2,20,21,24). The minimum atomic E-state index is -0.414. The van der Waals surface area contributed by atoms with Crippen molar-refractivity contribution in [1.82, 2.24) is 16.0 Å². The molecule has 0 atom stereocenters. The highest BCUT2D eigenvalue weighted by Gasteiger charge is 2.21. The number of rotatable bonds is 7. The molecule has 0 radical (unpaired) electrons. The predicted molar refractivity (Wildman–Crippen MR) is 96.1 cm³/mol. The van der Waals surface area contributed by atoms with Crippen LogP contribution in [0.4, 0.5) is 4.79 Å². The third-order valence-corrected chi connectivity index (χ3v) is 3.78. The minimum absolute atomic E-state index is 0.0822. The molecule has 0 saturated heterocycles. The lowest BCUT2D eigenvalue weighted by atomic mass is 9.92. The number of hydrogen-bond donors (Lipinski definition) is 3. The highest BCUT2D eigenvalue weighted by Crippen LogP contribution is 2.16. The van der Waals surface area contributed by atoms with Crippen molar-refractivity contribution in [1.29, 1.82) is 0 Å². The fourth-order valence-corrected chi connectivity index (χ4v) is 2.55. The van der Waals surface area contributed by atoms with Gasteiger partial charge in [0.15, 0.2) is 0 Å². The first-order valence-electron chi connectivity index (χ1n) is 8.25. The lowest BCUT2D eigenvalue weighted by Gasteiger charge is -2.27. The van der Waals surface area contributed by atoms with E-state index in [0.29, 0.717) is 5.76 Å². The van der Waals surface area contributed by atoms with E-state index < -0.39 is 11.6 Å². The molecule has 1 aromatic carbocycles. The summed E-state index contributed by atoms with van der Waals surface area (Å²) in [4.78, 5) is 23.8. The van der Waals surface area contributed by atoms with E-state index in [1.807, 2.05) is 26.0 Å². The normalized spacial score (nSPS) is 11.0. The third kappa shape index (κ3) is 6.33. The topological polar surface area (TPSA) is 83.4 Å². The Morgan fingerprint density at radius 2 is 1.84 bits per heavy atom. The average molecular weight is 343 g/mol. The smallest absolute Gasteiger partial charge is 0.315 e. The summed E-state index contributed by atoms with van der Waals surface area (Å²) in [5.74, 6) is 0.422. The second-order valence-corrected chi connectivity index (χ2v) is 6.65. The van der Waals surface area contributed by atoms with Gasteiger partial charge < -0.3 is 20.4 Å². The van der Waals surface area contributed by atoms with Crippen molar-refractivity contribution >= 4 is 11.9 Å². The monoisotopic (exact) mass is 343 g/mol. The van der Waals surface area contributed by atoms with E-state index in [0.717, 1.165) is 6.42 Å². The van der Waals surface area contributed by atoms with Crippen molar-refractivity contribution in [3.8, 4) is 0 Å². The summed E-state index contributed by atoms with van der Waals surface area (Å²) in [7, 11) is 0. The molecule has 0 aliphatic carbocycles. The van der Waals surface area contributed by atoms with Crippen molar-refractivity contribution < 1.29 is 14.0 Å². The number of hydrogen-bond acceptors (Lipinski definition) is 3. The van der Waals surface area contributed by atoms with Crippen LogP contribution in [0.1, 0.15) is 30.7 Å². The summed E-state index contributed by atoms with van der Waals surface area (Å²) >= 11 is 0. The second-order valence-electron chi connectivity index (χ2n) is 6.65. The molecule has 0 aliphatic heterocycles. The summed E-state index contributed by atoms with van der Waals surface area (Å²) in [6, 6.07) is 11.2. The molecule has 134 valence electrons. The number of benzene rings is 1. The van der Waals surface area contributed by atoms with Gasteiger partial charge in [-0.3, -0.25) is 4.79 Å². The van der Waals surface area contributed by atoms with Crippen molar-refractivity contribution in [3.05, 3.63) is 59.5 Å². The highest BCUT2D eigenvalue weighted by atomic mass is 16.3. The molecular weight excluding hydrogens is 318 g/mol. The van der Waals surface area contributed by atoms with Gasteiger partial charge in [0.2, 0.25) is 5.91 Å². The van der Waals surface area contributed by atoms with Crippen molar-refractivity contribution in [3.63, 3.8) is 0 Å². The summed E-state index contributed by atoms with van der Waals surface area (Å²) in [6.07, 6.45) is 2.26. The van der Waals surface area contributed by atoms with E-state index in [2.05, 4.69) is 35.0 Å². The Morgan fingerprint density at radius 3 is 2.52 bits per heavy atom. The molecule has 2 rings (SSSR count). The Balaban J connectivity index is 1.74. The van der Waals surface area contributed by atoms with Crippen LogP contribution in [0.5, 0.6) is 0 Å². The summed E-state index contributed by atoms with van der Waals surface area (Å²) in [5.41, 5.74) is 1.98. The molecular formula is C19H25N3O3. The maximum atomic E-state index is 12.1. The van der Waals surface area contributed by atoms with Crippen molar-refractivity contribution in [2.24, 2.45) is 0 Å². The molecule has 6 heteroatoms. The fraction of sp³-hybridized carbons (Fsp3) is 0.368. The fourth-order valence-electron chi connectivity index (χ4n) is 2.55. The van der Waals surface area contributed by atoms with E-state index in [1.165, 1.54) is 11.1 Å². The van der Waals surface area contributed by atoms with Gasteiger partial charge in [0, 0.05) is 5.54 Å². The largest absolute Gasteiger partial charge is 0.467 e. The Bertz CT molecular complexity index is 708. The third-order valence-electron chi connectivity index (χ3n) is 3.78. The lowest BCUT2D eigenvalue weighted by Crippen LogP contribution is -2.50. The van der Waals surface area contributed by atoms with E-state index >= 15 is 0 Å². The number of urea groups is 1. The number of nitrogens with one attached hydrogen (secondary N) is 3. The van der Waals surface area contributed by atoms with Gasteiger partial charge in [-0.25, -0.2) is 4.79 Å². The quantitative estimate of drug-likeness (QED) is 0.722. The molecule has 1 heterocycles. The Hall–Kier alpha value is -2.76. The van der Waals surface area contributed by atoms with Gasteiger partial charge in [-0.15, -0.1) is 0 Å². The van der Waals surface area contributed by atoms with E-state index in [9.17, 15) is 9.59 Å². The number of carbonyl (C=O) groups is 2. The van der Waals surface area contributed by atoms with Crippen LogP contribution >= 0.6 is 0 Å². The first-order valence-corrected chi connectivity index (χ1v) is 8.25. The van der Waals surface area contributed by atoms with Gasteiger partial charge in [0.05, 0.1) is 19.4 Å². The first-order chi connectivity index (χ1) is 11.9. The number of amides is 3. The van der Waals surface area contributed by atoms with Crippen LogP contribution < -0.4 is 16.0 Å². The molecule has 0 aliphatic rings. The van der Waals surface area contributed by atoms with E-state index in [-0.39, 0.29) is 19.0 Å². The Morgan fingerprint density at radius 1 is 1.08 bits per heavy atom. The SMILES string of the molecule is Cc1ccccc1CC(C)(C)NC(=O)CNC(=O)NCc1ccco1. The molecule has 0 unspecified atom stereocenters. The van der Waals surface area contributed by atoms with Gasteiger partial charge in [-0.1, -0.05) is 24.3 Å². The Labute approximate surface area is 148 Å². The Kier molecular flexibility index (Phi) is 6.22. The molecule has 1 aromatic heterocycles. The van der Waals surface area contributed by atoms with Gasteiger partial charge in [-0.2, -0.15) is 0 Å². The molecule has 0 fully saturated rings. The number of aryl methyl sites for hydroxylation is 1. The highest BCUT2D eigenvalue weighted by molar-refractivity contribution is 5.84. The zero-order valence-electron chi connectivity index (χ0n) is 14.9. The molecule has 3 amide bonds. The van der Waals surface area contributed by atoms with Crippen molar-refractivity contribution in [2.75, 3.05) is 6.54 Å². The van der Waals surface area contributed by atoms with E-state index in [4.69, 9.17) is 4.42 Å². The molecule has 0 saturated carbocycles. The van der Waals surface area contributed by atoms with E-state index in [1.54, 1.807) is 18.4 Å². The van der Waals surface area contributed by atoms with Crippen LogP contribution in [-0.4, -0.2) is 24.0 Å². The zero-order chi connectivity index (χ0) is 18.3. The van der Waals surface area contributed by atoms with Gasteiger partial charge in [0.1, 0.15) is 5.76 Å². The molecule has 0 bridgehead atoms. The van der Waals surface area contributed by atoms with Crippen LogP contribution in [-0.2, 0) is 17.8 Å². The predicted octanol–water partition coefficient (Wildman–Crippen LogP) is 2.52. The maximum Gasteiger partial charge on any atom is 0.315 e. The van der Waals surface area contributed by atoms with Crippen LogP contribution in [0, 0.1) is 6.92 Å². The molecule has 2 aromatic rings. The van der Waals surface area contributed by atoms with Gasteiger partial charge in [-0.05, 0) is 50.5 Å². The second kappa shape index (κ2) is 8.37. The van der Waals surface area contributed by atoms with Crippen LogP contribution in [0.3, 0.4) is 0 Å². The lowest BCUT2D eigenvalue weighted by molar-refractivity contribution is -0.121. The number of furan rings is 1. The first kappa shape index (κ1) is 18.6. The maximum absolute atomic E-state index is 12.1. The minimum Gasteiger partial charge on any atom is -0.467 e. The molecule has 0 spiro atoms. The number of carbonyl (C=O) groups excluding carboxylic acids is 2. The van der Waals surface area contributed by atoms with Crippen LogP contribution in [0.2, 0.25) is 0 Å². The molecule has 3 N–H and O–H groups in total. The molecule has 25 heavy (non-hydrogen) atoms. The zero-order valence-corrected chi connectivity index (χ0v) is 14.9. The van der Waals surface area contributed by atoms with Crippen LogP contribution in [0.15, 0.2) is 47.1 Å².